The Morgan fingerprint density at radius 1 is 1.25 bits per heavy atom. The van der Waals surface area contributed by atoms with Crippen molar-refractivity contribution in [1.29, 1.82) is 0 Å². The molecule has 1 aliphatic rings. The quantitative estimate of drug-likeness (QED) is 0.240. The number of hydrogen-bond acceptors (Lipinski definition) is 6. The molecule has 1 fully saturated rings. The molecular weight excluding hydrogens is 241 g/mol. The monoisotopic (exact) mass is 259 g/mol. The fourth-order valence-electron chi connectivity index (χ4n) is 0.677. The van der Waals surface area contributed by atoms with Crippen LogP contribution in [0.3, 0.4) is 0 Å². The Hall–Kier alpha value is -0.0500. The van der Waals surface area contributed by atoms with Gasteiger partial charge in [0, 0.05) is 0 Å². The third-order valence-electron chi connectivity index (χ3n) is 1.96. The van der Waals surface area contributed by atoms with Crippen LogP contribution in [0.4, 0.5) is 0 Å². The lowest BCUT2D eigenvalue weighted by atomic mass is 10.1. The zero-order valence-corrected chi connectivity index (χ0v) is 9.75. The van der Waals surface area contributed by atoms with E-state index in [1.807, 2.05) is 0 Å². The molecular formula is C7H18NO7P. The second kappa shape index (κ2) is 6.04. The highest BCUT2D eigenvalue weighted by atomic mass is 31.2. The van der Waals surface area contributed by atoms with Crippen LogP contribution in [0.2, 0.25) is 0 Å². The molecule has 1 aliphatic heterocycles. The Labute approximate surface area is 92.8 Å². The minimum absolute atomic E-state index is 0.254. The average molecular weight is 259 g/mol. The van der Waals surface area contributed by atoms with Crippen LogP contribution in [-0.4, -0.2) is 62.4 Å². The summed E-state index contributed by atoms with van der Waals surface area (Å²) < 4.78 is 14.7. The number of aliphatic hydroxyl groups excluding tert-OH is 3. The largest absolute Gasteiger partial charge is 0.394 e. The molecule has 2 unspecified atom stereocenters. The summed E-state index contributed by atoms with van der Waals surface area (Å²) in [7, 11) is -3.90. The third kappa shape index (κ3) is 5.33. The molecule has 9 heteroatoms. The summed E-state index contributed by atoms with van der Waals surface area (Å²) in [5.74, 6) is -0.817. The van der Waals surface area contributed by atoms with E-state index in [1.165, 1.54) is 0 Å². The second-order valence-corrected chi connectivity index (χ2v) is 5.34. The highest BCUT2D eigenvalue weighted by molar-refractivity contribution is 7.52. The van der Waals surface area contributed by atoms with E-state index in [9.17, 15) is 4.57 Å². The van der Waals surface area contributed by atoms with Gasteiger partial charge in [-0.05, 0) is 6.92 Å². The van der Waals surface area contributed by atoms with E-state index < -0.39 is 38.8 Å². The van der Waals surface area contributed by atoms with Gasteiger partial charge in [-0.25, -0.2) is 0 Å². The van der Waals surface area contributed by atoms with Gasteiger partial charge in [-0.1, -0.05) is 0 Å². The molecule has 1 saturated heterocycles. The first kappa shape index (κ1) is 16.0. The maximum Gasteiger partial charge on any atom is 0.356 e. The predicted octanol–water partition coefficient (Wildman–Crippen LogP) is -2.43. The van der Waals surface area contributed by atoms with Crippen molar-refractivity contribution in [3.8, 4) is 0 Å². The van der Waals surface area contributed by atoms with Crippen molar-refractivity contribution in [1.82, 2.24) is 0 Å². The van der Waals surface area contributed by atoms with Crippen molar-refractivity contribution in [3.05, 3.63) is 0 Å². The lowest BCUT2D eigenvalue weighted by Gasteiger charge is -2.20. The summed E-state index contributed by atoms with van der Waals surface area (Å²) >= 11 is 0. The van der Waals surface area contributed by atoms with Crippen LogP contribution >= 0.6 is 7.60 Å². The summed E-state index contributed by atoms with van der Waals surface area (Å²) in [6, 6.07) is 0. The van der Waals surface area contributed by atoms with E-state index >= 15 is 0 Å². The van der Waals surface area contributed by atoms with Crippen LogP contribution in [0.5, 0.6) is 0 Å². The van der Waals surface area contributed by atoms with Gasteiger partial charge >= 0.3 is 7.60 Å². The molecule has 0 aromatic heterocycles. The average Bonchev–Trinajstić information content (AvgIpc) is 2.95. The molecule has 0 aromatic rings. The summed E-state index contributed by atoms with van der Waals surface area (Å²) in [5, 5.41) is 25.0. The van der Waals surface area contributed by atoms with Gasteiger partial charge < -0.3 is 35.6 Å². The number of epoxide rings is 1. The van der Waals surface area contributed by atoms with Crippen LogP contribution in [0.1, 0.15) is 6.92 Å². The smallest absolute Gasteiger partial charge is 0.356 e. The molecule has 0 radical (unpaired) electrons. The zero-order chi connectivity index (χ0) is 13.0. The van der Waals surface area contributed by atoms with Crippen molar-refractivity contribution >= 4 is 7.60 Å². The van der Waals surface area contributed by atoms with Crippen molar-refractivity contribution in [2.24, 2.45) is 5.73 Å². The van der Waals surface area contributed by atoms with Gasteiger partial charge in [0.25, 0.3) is 0 Å². The Morgan fingerprint density at radius 3 is 1.56 bits per heavy atom. The summed E-state index contributed by atoms with van der Waals surface area (Å²) in [5.41, 5.74) is 3.94. The third-order valence-corrected chi connectivity index (χ3v) is 3.16. The molecule has 7 N–H and O–H groups in total. The van der Waals surface area contributed by atoms with Gasteiger partial charge in [-0.2, -0.15) is 0 Å². The zero-order valence-electron chi connectivity index (χ0n) is 8.85. The van der Waals surface area contributed by atoms with Gasteiger partial charge in [0.1, 0.15) is 0 Å². The van der Waals surface area contributed by atoms with Crippen molar-refractivity contribution < 1.29 is 34.4 Å². The molecule has 0 aliphatic carbocycles. The first-order valence-electron chi connectivity index (χ1n) is 4.52. The number of rotatable bonds is 4. The number of nitrogens with two attached hydrogens (primary N) is 1. The minimum atomic E-state index is -3.90. The molecule has 1 heterocycles. The molecule has 0 aromatic carbocycles. The van der Waals surface area contributed by atoms with Gasteiger partial charge in [-0.15, -0.1) is 0 Å². The lowest BCUT2D eigenvalue weighted by Crippen LogP contribution is -2.50. The van der Waals surface area contributed by atoms with Crippen molar-refractivity contribution in [3.63, 3.8) is 0 Å². The van der Waals surface area contributed by atoms with Crippen LogP contribution in [-0.2, 0) is 9.30 Å². The van der Waals surface area contributed by atoms with E-state index in [-0.39, 0.29) is 6.10 Å². The van der Waals surface area contributed by atoms with Gasteiger partial charge in [-0.3, -0.25) is 4.57 Å². The molecule has 8 nitrogen and oxygen atoms in total. The van der Waals surface area contributed by atoms with Gasteiger partial charge in [0.15, 0.2) is 5.85 Å². The molecule has 0 bridgehead atoms. The summed E-state index contributed by atoms with van der Waals surface area (Å²) in [6.07, 6.45) is -0.254. The Morgan fingerprint density at radius 2 is 1.56 bits per heavy atom. The van der Waals surface area contributed by atoms with Crippen molar-refractivity contribution in [2.45, 2.75) is 24.4 Å². The Balaban J connectivity index is 0.000000281. The molecule has 98 valence electrons. The SMILES string of the molecule is CC1OC1P(=O)(O)O.NC(CO)(CO)CO. The molecule has 1 rings (SSSR count). The van der Waals surface area contributed by atoms with E-state index in [0.29, 0.717) is 0 Å². The Kier molecular flexibility index (Phi) is 6.02. The second-order valence-electron chi connectivity index (χ2n) is 3.66. The standard InChI is InChI=1S/C4H11NO3.C3H7O4P/c5-4(1-6,2-7)3-8;1-2-3(7-2)8(4,5)6/h6-8H,1-3,5H2;2-3H,1H3,(H2,4,5,6). The van der Waals surface area contributed by atoms with Crippen LogP contribution in [0, 0.1) is 0 Å². The predicted molar refractivity (Wildman–Crippen MR) is 54.6 cm³/mol. The van der Waals surface area contributed by atoms with Crippen LogP contribution < -0.4 is 5.73 Å². The van der Waals surface area contributed by atoms with Gasteiger partial charge in [0.05, 0.1) is 31.5 Å². The fraction of sp³-hybridized carbons (Fsp3) is 1.00. The minimum Gasteiger partial charge on any atom is -0.394 e. The first-order chi connectivity index (χ1) is 7.20. The van der Waals surface area contributed by atoms with E-state index in [1.54, 1.807) is 6.92 Å². The van der Waals surface area contributed by atoms with Gasteiger partial charge in [0.2, 0.25) is 0 Å². The lowest BCUT2D eigenvalue weighted by molar-refractivity contribution is 0.0697. The normalized spacial score (nSPS) is 24.7. The number of hydrogen-bond donors (Lipinski definition) is 6. The highest BCUT2D eigenvalue weighted by Crippen LogP contribution is 2.52. The topological polar surface area (TPSA) is 157 Å². The molecule has 2 atom stereocenters. The highest BCUT2D eigenvalue weighted by Gasteiger charge is 2.48. The summed E-state index contributed by atoms with van der Waals surface area (Å²) in [4.78, 5) is 16.6. The number of aliphatic hydroxyl groups is 3. The maximum absolute atomic E-state index is 10.2. The first-order valence-corrected chi connectivity index (χ1v) is 6.20. The summed E-state index contributed by atoms with van der Waals surface area (Å²) in [6.45, 7) is 0.420. The van der Waals surface area contributed by atoms with E-state index in [4.69, 9.17) is 30.8 Å². The molecule has 0 spiro atoms. The maximum atomic E-state index is 10.2. The van der Waals surface area contributed by atoms with Crippen LogP contribution in [0.15, 0.2) is 0 Å². The molecule has 0 saturated carbocycles. The van der Waals surface area contributed by atoms with E-state index in [2.05, 4.69) is 4.74 Å². The Bertz CT molecular complexity index is 243. The molecule has 16 heavy (non-hydrogen) atoms. The van der Waals surface area contributed by atoms with Crippen LogP contribution in [0.25, 0.3) is 0 Å². The molecule has 0 amide bonds. The number of ether oxygens (including phenoxy) is 1. The van der Waals surface area contributed by atoms with Crippen molar-refractivity contribution in [2.75, 3.05) is 19.8 Å². The van der Waals surface area contributed by atoms with E-state index in [0.717, 1.165) is 0 Å². The fourth-order valence-corrected chi connectivity index (χ4v) is 1.57.